The van der Waals surface area contributed by atoms with Gasteiger partial charge in [0, 0.05) is 22.4 Å². The first-order valence-electron chi connectivity index (χ1n) is 5.38. The van der Waals surface area contributed by atoms with E-state index in [4.69, 9.17) is 5.11 Å². The quantitative estimate of drug-likeness (QED) is 0.924. The second-order valence-corrected chi connectivity index (χ2v) is 4.88. The average Bonchev–Trinajstić information content (AvgIpc) is 2.35. The van der Waals surface area contributed by atoms with Crippen LogP contribution in [0.4, 0.5) is 0 Å². The molecule has 0 aromatic carbocycles. The average molecular weight is 324 g/mol. The molecule has 0 aliphatic carbocycles. The lowest BCUT2D eigenvalue weighted by molar-refractivity contribution is 0.0694. The number of nitrogens with zero attached hydrogens (tertiary/aromatic N) is 3. The molecule has 0 saturated heterocycles. The Morgan fingerprint density at radius 2 is 2.26 bits per heavy atom. The van der Waals surface area contributed by atoms with Crippen LogP contribution in [0.2, 0.25) is 0 Å². The van der Waals surface area contributed by atoms with Crippen molar-refractivity contribution in [2.45, 2.75) is 13.5 Å². The molecular weight excluding hydrogens is 314 g/mol. The van der Waals surface area contributed by atoms with Crippen LogP contribution in [0.3, 0.4) is 0 Å². The second-order valence-electron chi connectivity index (χ2n) is 3.96. The van der Waals surface area contributed by atoms with Gasteiger partial charge in [-0.15, -0.1) is 0 Å². The molecule has 0 atom stereocenters. The summed E-state index contributed by atoms with van der Waals surface area (Å²) < 4.78 is 2.16. The van der Waals surface area contributed by atoms with E-state index >= 15 is 0 Å². The number of hydrogen-bond acceptors (Lipinski definition) is 4. The van der Waals surface area contributed by atoms with E-state index < -0.39 is 5.97 Å². The molecule has 0 saturated carbocycles. The van der Waals surface area contributed by atoms with E-state index in [9.17, 15) is 9.59 Å². The summed E-state index contributed by atoms with van der Waals surface area (Å²) in [4.78, 5) is 30.6. The summed E-state index contributed by atoms with van der Waals surface area (Å²) in [6.07, 6.45) is 4.08. The van der Waals surface area contributed by atoms with Crippen molar-refractivity contribution in [1.29, 1.82) is 0 Å². The van der Waals surface area contributed by atoms with Crippen LogP contribution in [0.5, 0.6) is 0 Å². The monoisotopic (exact) mass is 323 g/mol. The van der Waals surface area contributed by atoms with Crippen LogP contribution in [-0.2, 0) is 6.54 Å². The predicted molar refractivity (Wildman–Crippen MR) is 71.2 cm³/mol. The number of halogens is 1. The van der Waals surface area contributed by atoms with Gasteiger partial charge in [-0.05, 0) is 28.9 Å². The van der Waals surface area contributed by atoms with Crippen molar-refractivity contribution in [2.75, 3.05) is 0 Å². The molecule has 6 nitrogen and oxygen atoms in total. The first-order valence-corrected chi connectivity index (χ1v) is 6.17. The fourth-order valence-corrected chi connectivity index (χ4v) is 2.27. The SMILES string of the molecule is Cc1cc(Br)cn(Cc2ncncc2C(=O)O)c1=O. The molecular formula is C12H10BrN3O3. The maximum absolute atomic E-state index is 12.0. The topological polar surface area (TPSA) is 85.1 Å². The minimum absolute atomic E-state index is 0.00738. The molecule has 0 aliphatic heterocycles. The van der Waals surface area contributed by atoms with Gasteiger partial charge in [0.25, 0.3) is 5.56 Å². The summed E-state index contributed by atoms with van der Waals surface area (Å²) in [7, 11) is 0. The number of carboxylic acid groups (broad SMARTS) is 1. The van der Waals surface area contributed by atoms with Crippen molar-refractivity contribution >= 4 is 21.9 Å². The van der Waals surface area contributed by atoms with Crippen molar-refractivity contribution in [1.82, 2.24) is 14.5 Å². The zero-order valence-corrected chi connectivity index (χ0v) is 11.6. The Labute approximate surface area is 116 Å². The zero-order chi connectivity index (χ0) is 14.0. The Kier molecular flexibility index (Phi) is 3.75. The van der Waals surface area contributed by atoms with Gasteiger partial charge in [-0.25, -0.2) is 14.8 Å². The van der Waals surface area contributed by atoms with Gasteiger partial charge in [0.2, 0.25) is 0 Å². The van der Waals surface area contributed by atoms with Crippen LogP contribution in [-0.4, -0.2) is 25.6 Å². The molecule has 0 fully saturated rings. The molecule has 2 heterocycles. The molecule has 0 unspecified atom stereocenters. The van der Waals surface area contributed by atoms with Gasteiger partial charge in [0.05, 0.1) is 12.2 Å². The Morgan fingerprint density at radius 3 is 2.95 bits per heavy atom. The van der Waals surface area contributed by atoms with Crippen LogP contribution >= 0.6 is 15.9 Å². The second kappa shape index (κ2) is 5.31. The van der Waals surface area contributed by atoms with Crippen LogP contribution in [0.25, 0.3) is 0 Å². The molecule has 0 bridgehead atoms. The third kappa shape index (κ3) is 2.87. The lowest BCUT2D eigenvalue weighted by Crippen LogP contribution is -2.23. The fraction of sp³-hybridized carbons (Fsp3) is 0.167. The molecule has 7 heteroatoms. The number of aromatic carboxylic acids is 1. The predicted octanol–water partition coefficient (Wildman–Crippen LogP) is 1.46. The Morgan fingerprint density at radius 1 is 1.53 bits per heavy atom. The molecule has 2 rings (SSSR count). The van der Waals surface area contributed by atoms with Crippen molar-refractivity contribution < 1.29 is 9.90 Å². The highest BCUT2D eigenvalue weighted by Crippen LogP contribution is 2.10. The zero-order valence-electron chi connectivity index (χ0n) is 10.00. The molecule has 0 spiro atoms. The first kappa shape index (κ1) is 13.4. The molecule has 0 amide bonds. The van der Waals surface area contributed by atoms with Gasteiger partial charge in [-0.2, -0.15) is 0 Å². The molecule has 2 aromatic heterocycles. The highest BCUT2D eigenvalue weighted by molar-refractivity contribution is 9.10. The summed E-state index contributed by atoms with van der Waals surface area (Å²) in [5, 5.41) is 9.05. The number of carbonyl (C=O) groups is 1. The summed E-state index contributed by atoms with van der Waals surface area (Å²) in [5.74, 6) is -1.12. The molecule has 98 valence electrons. The van der Waals surface area contributed by atoms with E-state index in [0.717, 1.165) is 4.47 Å². The number of hydrogen-bond donors (Lipinski definition) is 1. The number of pyridine rings is 1. The molecule has 19 heavy (non-hydrogen) atoms. The van der Waals surface area contributed by atoms with Crippen molar-refractivity contribution in [3.05, 3.63) is 56.4 Å². The van der Waals surface area contributed by atoms with E-state index in [1.165, 1.54) is 17.1 Å². The number of aryl methyl sites for hydroxylation is 1. The first-order chi connectivity index (χ1) is 8.99. The van der Waals surface area contributed by atoms with Crippen LogP contribution in [0.15, 0.2) is 34.1 Å². The van der Waals surface area contributed by atoms with E-state index in [0.29, 0.717) is 11.3 Å². The van der Waals surface area contributed by atoms with Crippen LogP contribution < -0.4 is 5.56 Å². The van der Waals surface area contributed by atoms with Gasteiger partial charge in [-0.1, -0.05) is 0 Å². The van der Waals surface area contributed by atoms with Crippen molar-refractivity contribution in [2.24, 2.45) is 0 Å². The number of rotatable bonds is 3. The van der Waals surface area contributed by atoms with Gasteiger partial charge in [0.15, 0.2) is 0 Å². The third-order valence-corrected chi connectivity index (χ3v) is 3.01. The maximum Gasteiger partial charge on any atom is 0.339 e. The van der Waals surface area contributed by atoms with Crippen LogP contribution in [0.1, 0.15) is 21.6 Å². The highest BCUT2D eigenvalue weighted by atomic mass is 79.9. The Hall–Kier alpha value is -2.02. The largest absolute Gasteiger partial charge is 0.478 e. The van der Waals surface area contributed by atoms with Gasteiger partial charge in [0.1, 0.15) is 11.9 Å². The summed E-state index contributed by atoms with van der Waals surface area (Å²) in [6.45, 7) is 1.78. The number of aromatic nitrogens is 3. The lowest BCUT2D eigenvalue weighted by Gasteiger charge is -2.08. The fourth-order valence-electron chi connectivity index (χ4n) is 1.68. The molecule has 2 aromatic rings. The normalized spacial score (nSPS) is 10.4. The van der Waals surface area contributed by atoms with Gasteiger partial charge >= 0.3 is 5.97 Å². The molecule has 0 aliphatic rings. The van der Waals surface area contributed by atoms with E-state index in [-0.39, 0.29) is 17.7 Å². The Balaban J connectivity index is 2.48. The summed E-state index contributed by atoms with van der Waals surface area (Å²) in [5.41, 5.74) is 0.674. The smallest absolute Gasteiger partial charge is 0.339 e. The minimum Gasteiger partial charge on any atom is -0.478 e. The highest BCUT2D eigenvalue weighted by Gasteiger charge is 2.13. The third-order valence-electron chi connectivity index (χ3n) is 2.58. The maximum atomic E-state index is 12.0. The standard InChI is InChI=1S/C12H10BrN3O3/c1-7-2-8(13)4-16(11(7)17)5-10-9(12(18)19)3-14-6-15-10/h2-4,6H,5H2,1H3,(H,18,19). The summed E-state index contributed by atoms with van der Waals surface area (Å²) >= 11 is 3.30. The Bertz CT molecular complexity index is 697. The lowest BCUT2D eigenvalue weighted by atomic mass is 10.2. The number of carboxylic acids is 1. The van der Waals surface area contributed by atoms with Gasteiger partial charge in [-0.3, -0.25) is 4.79 Å². The van der Waals surface area contributed by atoms with Crippen LogP contribution in [0, 0.1) is 6.92 Å². The van der Waals surface area contributed by atoms with E-state index in [1.807, 2.05) is 0 Å². The summed E-state index contributed by atoms with van der Waals surface area (Å²) in [6, 6.07) is 1.71. The molecule has 0 radical (unpaired) electrons. The van der Waals surface area contributed by atoms with Crippen molar-refractivity contribution in [3.8, 4) is 0 Å². The van der Waals surface area contributed by atoms with Gasteiger partial charge < -0.3 is 9.67 Å². The van der Waals surface area contributed by atoms with E-state index in [2.05, 4.69) is 25.9 Å². The minimum atomic E-state index is -1.12. The van der Waals surface area contributed by atoms with Crippen molar-refractivity contribution in [3.63, 3.8) is 0 Å². The van der Waals surface area contributed by atoms with E-state index in [1.54, 1.807) is 19.2 Å². The molecule has 1 N–H and O–H groups in total.